The van der Waals surface area contributed by atoms with Crippen LogP contribution in [0.3, 0.4) is 0 Å². The molecule has 0 spiro atoms. The molecule has 5 heteroatoms. The van der Waals surface area contributed by atoms with Gasteiger partial charge >= 0.3 is 0 Å². The largest absolute Gasteiger partial charge is 0.507 e. The molecule has 0 unspecified atom stereocenters. The minimum atomic E-state index is -0.383. The van der Waals surface area contributed by atoms with Gasteiger partial charge in [-0.15, -0.1) is 0 Å². The Morgan fingerprint density at radius 1 is 1.08 bits per heavy atom. The van der Waals surface area contributed by atoms with Crippen molar-refractivity contribution in [1.29, 1.82) is 0 Å². The number of aliphatic imine (C=N–C) groups is 1. The second kappa shape index (κ2) is 9.57. The Labute approximate surface area is 149 Å². The highest BCUT2D eigenvalue weighted by Gasteiger charge is 2.19. The van der Waals surface area contributed by atoms with Gasteiger partial charge in [-0.2, -0.15) is 0 Å². The second-order valence-electron chi connectivity index (χ2n) is 4.89. The van der Waals surface area contributed by atoms with Crippen LogP contribution in [0.5, 0.6) is 5.75 Å². The first-order valence-corrected chi connectivity index (χ1v) is 8.52. The van der Waals surface area contributed by atoms with Gasteiger partial charge in [-0.3, -0.25) is 9.98 Å². The van der Waals surface area contributed by atoms with Crippen molar-refractivity contribution < 1.29 is 9.50 Å². The zero-order valence-corrected chi connectivity index (χ0v) is 15.5. The van der Waals surface area contributed by atoms with Crippen LogP contribution in [0.2, 0.25) is 0 Å². The summed E-state index contributed by atoms with van der Waals surface area (Å²) in [5.74, 6) is -0.387. The number of rotatable bonds is 1. The normalized spacial score (nSPS) is 12.2. The fraction of sp³-hybridized carbons (Fsp3) is 0.300. The molecule has 134 valence electrons. The summed E-state index contributed by atoms with van der Waals surface area (Å²) in [6.45, 7) is 9.97. The van der Waals surface area contributed by atoms with Crippen molar-refractivity contribution in [2.75, 3.05) is 6.54 Å². The Kier molecular flexibility index (Phi) is 7.79. The molecule has 0 atom stereocenters. The molecule has 0 radical (unpaired) electrons. The molecule has 25 heavy (non-hydrogen) atoms. The Balaban J connectivity index is 0.000000730. The molecule has 0 amide bonds. The van der Waals surface area contributed by atoms with Gasteiger partial charge in [-0.1, -0.05) is 27.7 Å². The lowest BCUT2D eigenvalue weighted by Crippen LogP contribution is -2.09. The quantitative estimate of drug-likeness (QED) is 0.804. The monoisotopic (exact) mass is 343 g/mol. The first kappa shape index (κ1) is 20.4. The molecule has 4 nitrogen and oxygen atoms in total. The van der Waals surface area contributed by atoms with E-state index in [-0.39, 0.29) is 11.6 Å². The molecular formula is C20H26FN3O. The van der Waals surface area contributed by atoms with Crippen LogP contribution in [0.25, 0.3) is 5.70 Å². The fourth-order valence-electron chi connectivity index (χ4n) is 2.35. The van der Waals surface area contributed by atoms with Crippen LogP contribution in [0, 0.1) is 12.7 Å². The van der Waals surface area contributed by atoms with E-state index in [0.717, 1.165) is 11.1 Å². The topological polar surface area (TPSA) is 71.5 Å². The van der Waals surface area contributed by atoms with Gasteiger partial charge < -0.3 is 10.8 Å². The molecule has 0 saturated heterocycles. The second-order valence-corrected chi connectivity index (χ2v) is 4.89. The SMILES string of the molecule is CC.CC.Cc1cc(O)c(C2=NCC=C(N)c3cnccc32)cc1F. The molecule has 3 rings (SSSR count). The zero-order valence-electron chi connectivity index (χ0n) is 15.5. The van der Waals surface area contributed by atoms with Crippen LogP contribution >= 0.6 is 0 Å². The molecule has 2 aromatic rings. The van der Waals surface area contributed by atoms with E-state index in [9.17, 15) is 9.50 Å². The van der Waals surface area contributed by atoms with E-state index in [1.165, 1.54) is 12.1 Å². The van der Waals surface area contributed by atoms with Gasteiger partial charge in [0.05, 0.1) is 12.3 Å². The van der Waals surface area contributed by atoms with Gasteiger partial charge in [0.1, 0.15) is 11.6 Å². The maximum absolute atomic E-state index is 13.9. The smallest absolute Gasteiger partial charge is 0.127 e. The summed E-state index contributed by atoms with van der Waals surface area (Å²) in [7, 11) is 0. The Morgan fingerprint density at radius 3 is 2.44 bits per heavy atom. The van der Waals surface area contributed by atoms with E-state index in [1.807, 2.05) is 27.7 Å². The Bertz CT molecular complexity index is 783. The zero-order chi connectivity index (χ0) is 19.0. The van der Waals surface area contributed by atoms with Crippen molar-refractivity contribution in [2.24, 2.45) is 10.7 Å². The summed E-state index contributed by atoms with van der Waals surface area (Å²) in [5, 5.41) is 10.1. The van der Waals surface area contributed by atoms with E-state index in [1.54, 1.807) is 31.5 Å². The summed E-state index contributed by atoms with van der Waals surface area (Å²) in [4.78, 5) is 8.48. The van der Waals surface area contributed by atoms with Gasteiger partial charge in [0.15, 0.2) is 0 Å². The molecule has 0 bridgehead atoms. The molecule has 0 fully saturated rings. The third-order valence-electron chi connectivity index (χ3n) is 3.48. The lowest BCUT2D eigenvalue weighted by Gasteiger charge is -2.12. The first-order valence-electron chi connectivity index (χ1n) is 8.52. The number of hydrogen-bond donors (Lipinski definition) is 2. The van der Waals surface area contributed by atoms with Gasteiger partial charge in [0.2, 0.25) is 0 Å². The van der Waals surface area contributed by atoms with Crippen molar-refractivity contribution in [3.8, 4) is 5.75 Å². The van der Waals surface area contributed by atoms with Crippen molar-refractivity contribution in [3.63, 3.8) is 0 Å². The maximum Gasteiger partial charge on any atom is 0.127 e. The number of hydrogen-bond acceptors (Lipinski definition) is 4. The summed E-state index contributed by atoms with van der Waals surface area (Å²) in [6, 6.07) is 4.46. The fourth-order valence-corrected chi connectivity index (χ4v) is 2.35. The van der Waals surface area contributed by atoms with E-state index in [2.05, 4.69) is 9.98 Å². The van der Waals surface area contributed by atoms with E-state index in [4.69, 9.17) is 5.73 Å². The Morgan fingerprint density at radius 2 is 1.76 bits per heavy atom. The van der Waals surface area contributed by atoms with E-state index >= 15 is 0 Å². The van der Waals surface area contributed by atoms with Crippen LogP contribution in [0.1, 0.15) is 49.9 Å². The number of phenolic OH excluding ortho intramolecular Hbond substituents is 1. The van der Waals surface area contributed by atoms with Gasteiger partial charge in [0.25, 0.3) is 0 Å². The first-order chi connectivity index (χ1) is 12.1. The van der Waals surface area contributed by atoms with Gasteiger partial charge in [-0.05, 0) is 36.8 Å². The van der Waals surface area contributed by atoms with Crippen molar-refractivity contribution in [2.45, 2.75) is 34.6 Å². The van der Waals surface area contributed by atoms with Crippen molar-refractivity contribution in [1.82, 2.24) is 4.98 Å². The number of fused-ring (bicyclic) bond motifs is 1. The highest BCUT2D eigenvalue weighted by molar-refractivity contribution is 6.17. The molecule has 1 aromatic heterocycles. The molecule has 1 aliphatic heterocycles. The highest BCUT2D eigenvalue weighted by atomic mass is 19.1. The number of phenols is 1. The molecule has 0 saturated carbocycles. The molecular weight excluding hydrogens is 317 g/mol. The molecule has 1 aromatic carbocycles. The van der Waals surface area contributed by atoms with Crippen LogP contribution in [0.4, 0.5) is 4.39 Å². The number of nitrogens with two attached hydrogens (primary N) is 1. The third-order valence-corrected chi connectivity index (χ3v) is 3.48. The van der Waals surface area contributed by atoms with Crippen LogP contribution in [0.15, 0.2) is 41.7 Å². The summed E-state index contributed by atoms with van der Waals surface area (Å²) >= 11 is 0. The number of nitrogens with zero attached hydrogens (tertiary/aromatic N) is 2. The number of aryl methyl sites for hydroxylation is 1. The lowest BCUT2D eigenvalue weighted by molar-refractivity contribution is 0.471. The number of halogens is 1. The van der Waals surface area contributed by atoms with Crippen LogP contribution in [-0.2, 0) is 0 Å². The van der Waals surface area contributed by atoms with Crippen molar-refractivity contribution in [3.05, 3.63) is 64.7 Å². The van der Waals surface area contributed by atoms with E-state index in [0.29, 0.717) is 29.1 Å². The van der Waals surface area contributed by atoms with Gasteiger partial charge in [-0.25, -0.2) is 4.39 Å². The number of pyridine rings is 1. The summed E-state index contributed by atoms with van der Waals surface area (Å²) < 4.78 is 13.9. The molecule has 1 aliphatic rings. The molecule has 2 heterocycles. The third kappa shape index (κ3) is 4.44. The van der Waals surface area contributed by atoms with Crippen molar-refractivity contribution >= 4 is 11.4 Å². The summed E-state index contributed by atoms with van der Waals surface area (Å²) in [5.41, 5.74) is 9.28. The van der Waals surface area contributed by atoms with Gasteiger partial charge in [0, 0.05) is 34.8 Å². The Hall–Kier alpha value is -2.69. The van der Waals surface area contributed by atoms with Crippen LogP contribution < -0.4 is 5.73 Å². The molecule has 0 aliphatic carbocycles. The minimum absolute atomic E-state index is 0.00381. The highest BCUT2D eigenvalue weighted by Crippen LogP contribution is 2.28. The standard InChI is InChI=1S/C16H14FN3O.2C2H6/c1-9-6-15(21)11(7-13(9)17)16-10-2-4-19-8-12(10)14(18)3-5-20-16;2*1-2/h2-4,6-8,21H,5,18H2,1H3;2*1-2H3. The maximum atomic E-state index is 13.9. The number of benzene rings is 1. The average Bonchev–Trinajstić information content (AvgIpc) is 2.81. The lowest BCUT2D eigenvalue weighted by atomic mass is 9.96. The average molecular weight is 343 g/mol. The number of aromatic hydroxyl groups is 1. The van der Waals surface area contributed by atoms with Crippen LogP contribution in [-0.4, -0.2) is 22.3 Å². The predicted molar refractivity (Wildman–Crippen MR) is 102 cm³/mol. The number of aromatic nitrogens is 1. The molecule has 3 N–H and O–H groups in total. The summed E-state index contributed by atoms with van der Waals surface area (Å²) in [6.07, 6.45) is 5.03. The minimum Gasteiger partial charge on any atom is -0.507 e. The van der Waals surface area contributed by atoms with E-state index < -0.39 is 0 Å². The predicted octanol–water partition coefficient (Wildman–Crippen LogP) is 4.44.